The minimum Gasteiger partial charge on any atom is -0.350 e. The van der Waals surface area contributed by atoms with Gasteiger partial charge >= 0.3 is 0 Å². The van der Waals surface area contributed by atoms with Crippen molar-refractivity contribution in [1.82, 2.24) is 4.57 Å². The average Bonchev–Trinajstić information content (AvgIpc) is 3.50. The van der Waals surface area contributed by atoms with Crippen LogP contribution in [0.25, 0.3) is 11.3 Å². The van der Waals surface area contributed by atoms with E-state index in [0.29, 0.717) is 11.3 Å². The fourth-order valence-corrected chi connectivity index (χ4v) is 3.34. The topological polar surface area (TPSA) is 28.8 Å². The molecule has 0 radical (unpaired) electrons. The first kappa shape index (κ1) is 28.6. The highest BCUT2D eigenvalue weighted by molar-refractivity contribution is 6.06. The van der Waals surface area contributed by atoms with Crippen LogP contribution in [0, 0.1) is 11.2 Å². The predicted octanol–water partition coefficient (Wildman–Crippen LogP) is 9.16. The van der Waals surface area contributed by atoms with Crippen molar-refractivity contribution in [2.45, 2.75) is 47.5 Å². The molecule has 2 aromatic carbocycles. The molecule has 4 rings (SSSR count). The maximum atomic E-state index is 13.3. The van der Waals surface area contributed by atoms with Crippen LogP contribution in [0.5, 0.6) is 0 Å². The van der Waals surface area contributed by atoms with Crippen LogP contribution in [0.3, 0.4) is 0 Å². The summed E-state index contributed by atoms with van der Waals surface area (Å²) in [5, 5.41) is 7.93. The average molecular weight is 459 g/mol. The molecule has 0 saturated heterocycles. The predicted molar refractivity (Wildman–Crippen MR) is 147 cm³/mol. The summed E-state index contributed by atoms with van der Waals surface area (Å²) in [5.41, 5.74) is 5.86. The van der Waals surface area contributed by atoms with Gasteiger partial charge in [0.15, 0.2) is 0 Å². The lowest BCUT2D eigenvalue weighted by atomic mass is 10.1. The minimum absolute atomic E-state index is 0.177. The van der Waals surface area contributed by atoms with E-state index in [9.17, 15) is 4.39 Å². The van der Waals surface area contributed by atoms with Crippen molar-refractivity contribution >= 4 is 5.71 Å². The summed E-state index contributed by atoms with van der Waals surface area (Å²) in [6.07, 6.45) is 12.4. The normalized spacial score (nSPS) is 11.7. The summed E-state index contributed by atoms with van der Waals surface area (Å²) in [7, 11) is 1.90. The molecule has 1 aromatic heterocycles. The number of rotatable bonds is 5. The molecule has 34 heavy (non-hydrogen) atoms. The highest BCUT2D eigenvalue weighted by Gasteiger charge is 2.05. The van der Waals surface area contributed by atoms with Gasteiger partial charge in [-0.25, -0.2) is 4.39 Å². The van der Waals surface area contributed by atoms with Gasteiger partial charge in [-0.05, 0) is 61.2 Å². The first-order valence-corrected chi connectivity index (χ1v) is 12.1. The summed E-state index contributed by atoms with van der Waals surface area (Å²) >= 11 is 0. The summed E-state index contributed by atoms with van der Waals surface area (Å²) in [5.74, 6) is -0.177. The van der Waals surface area contributed by atoms with Crippen molar-refractivity contribution in [3.8, 4) is 11.3 Å². The zero-order valence-corrected chi connectivity index (χ0v) is 21.5. The van der Waals surface area contributed by atoms with E-state index in [0.717, 1.165) is 24.1 Å². The maximum Gasteiger partial charge on any atom is 0.132 e. The molecule has 0 unspecified atom stereocenters. The van der Waals surface area contributed by atoms with E-state index >= 15 is 0 Å². The van der Waals surface area contributed by atoms with Gasteiger partial charge in [0.05, 0.1) is 11.4 Å². The van der Waals surface area contributed by atoms with Crippen molar-refractivity contribution < 1.29 is 4.39 Å². The highest BCUT2D eigenvalue weighted by Crippen LogP contribution is 2.22. The number of nitrogens with zero attached hydrogens (tertiary/aromatic N) is 1. The van der Waals surface area contributed by atoms with Crippen LogP contribution < -0.4 is 0 Å². The van der Waals surface area contributed by atoms with Crippen molar-refractivity contribution in [1.29, 1.82) is 5.41 Å². The molecule has 1 aliphatic carbocycles. The van der Waals surface area contributed by atoms with Crippen LogP contribution in [0.2, 0.25) is 0 Å². The van der Waals surface area contributed by atoms with Crippen LogP contribution in [0.4, 0.5) is 4.39 Å². The Kier molecular flexibility index (Phi) is 13.6. The third-order valence-corrected chi connectivity index (χ3v) is 5.10. The van der Waals surface area contributed by atoms with Gasteiger partial charge in [0.1, 0.15) is 5.82 Å². The molecule has 0 fully saturated rings. The Bertz CT molecular complexity index is 1090. The quantitative estimate of drug-likeness (QED) is 0.369. The van der Waals surface area contributed by atoms with Crippen molar-refractivity contribution in [2.75, 3.05) is 0 Å². The fraction of sp³-hybridized carbons (Fsp3) is 0.258. The Morgan fingerprint density at radius 1 is 0.912 bits per heavy atom. The molecule has 0 saturated carbocycles. The molecule has 0 bridgehead atoms. The summed E-state index contributed by atoms with van der Waals surface area (Å²) < 4.78 is 15.2. The largest absolute Gasteiger partial charge is 0.350 e. The van der Waals surface area contributed by atoms with Crippen molar-refractivity contribution in [3.63, 3.8) is 0 Å². The van der Waals surface area contributed by atoms with Gasteiger partial charge in [0.25, 0.3) is 0 Å². The number of benzene rings is 2. The number of nitrogens with one attached hydrogen (secondary N) is 1. The van der Waals surface area contributed by atoms with Crippen LogP contribution in [-0.2, 0) is 7.05 Å². The van der Waals surface area contributed by atoms with E-state index in [4.69, 9.17) is 5.41 Å². The van der Waals surface area contributed by atoms with Crippen molar-refractivity contribution in [3.05, 3.63) is 120 Å². The Morgan fingerprint density at radius 3 is 2.12 bits per heavy atom. The number of hydrogen-bond acceptors (Lipinski definition) is 1. The van der Waals surface area contributed by atoms with Gasteiger partial charge < -0.3 is 9.98 Å². The number of halogens is 1. The second-order valence-electron chi connectivity index (χ2n) is 7.22. The van der Waals surface area contributed by atoms with Gasteiger partial charge in [0, 0.05) is 18.8 Å². The number of allylic oxidation sites excluding steroid dienone is 6. The van der Waals surface area contributed by atoms with Crippen LogP contribution in [0.15, 0.2) is 108 Å². The second kappa shape index (κ2) is 16.2. The molecular weight excluding hydrogens is 419 g/mol. The smallest absolute Gasteiger partial charge is 0.132 e. The molecule has 180 valence electrons. The van der Waals surface area contributed by atoms with Gasteiger partial charge in [0.2, 0.25) is 0 Å². The van der Waals surface area contributed by atoms with E-state index in [1.165, 1.54) is 17.2 Å². The third kappa shape index (κ3) is 8.82. The van der Waals surface area contributed by atoms with E-state index in [1.807, 2.05) is 100 Å². The molecule has 0 amide bonds. The lowest BCUT2D eigenvalue weighted by Crippen LogP contribution is -1.93. The molecule has 3 heteroatoms. The summed E-state index contributed by atoms with van der Waals surface area (Å²) in [6, 6.07) is 20.4. The molecule has 1 N–H and O–H groups in total. The molecule has 0 aliphatic heterocycles. The number of aromatic nitrogens is 1. The van der Waals surface area contributed by atoms with E-state index in [1.54, 1.807) is 12.1 Å². The highest BCUT2D eigenvalue weighted by atomic mass is 19.1. The van der Waals surface area contributed by atoms with E-state index in [-0.39, 0.29) is 5.82 Å². The number of hydrogen-bond donors (Lipinski definition) is 1. The molecule has 1 aliphatic rings. The lowest BCUT2D eigenvalue weighted by molar-refractivity contribution is 0.629. The van der Waals surface area contributed by atoms with Crippen LogP contribution in [0.1, 0.15) is 53.0 Å². The van der Waals surface area contributed by atoms with Crippen molar-refractivity contribution in [2.24, 2.45) is 7.05 Å². The Balaban J connectivity index is 0.000000304. The molecule has 1 heterocycles. The molecule has 0 spiro atoms. The van der Waals surface area contributed by atoms with Crippen LogP contribution in [-0.4, -0.2) is 10.3 Å². The molecule has 0 atom stereocenters. The maximum absolute atomic E-state index is 13.3. The van der Waals surface area contributed by atoms with Crippen LogP contribution >= 0.6 is 0 Å². The Hall–Kier alpha value is -3.46. The monoisotopic (exact) mass is 458 g/mol. The van der Waals surface area contributed by atoms with Gasteiger partial charge in [-0.3, -0.25) is 0 Å². The van der Waals surface area contributed by atoms with E-state index < -0.39 is 0 Å². The van der Waals surface area contributed by atoms with Gasteiger partial charge in [-0.15, -0.1) is 0 Å². The van der Waals surface area contributed by atoms with Gasteiger partial charge in [-0.2, -0.15) is 0 Å². The second-order valence-corrected chi connectivity index (χ2v) is 7.22. The molecular formula is C31H39FN2. The molecule has 3 aromatic rings. The third-order valence-electron chi connectivity index (χ3n) is 5.10. The standard InChI is InChI=1S/C16H17N.C11H10FN.2C2H6/c1-13-7-5-10-14(13)11-6-12-16(17)15-8-3-2-4-9-15;1-13-8-4-7-11(13)9-5-2-3-6-10(9)12;2*1-2/h2-4,6-10,12,17H,5,11H2,1H3;2-8H,1H3;2*1-2H3/b12-6-,17-16?;;;. The zero-order valence-electron chi connectivity index (χ0n) is 21.5. The number of aryl methyl sites for hydroxylation is 1. The summed E-state index contributed by atoms with van der Waals surface area (Å²) in [6.45, 7) is 10.1. The fourth-order valence-electron chi connectivity index (χ4n) is 3.34. The lowest BCUT2D eigenvalue weighted by Gasteiger charge is -2.03. The Morgan fingerprint density at radius 2 is 1.56 bits per heavy atom. The first-order valence-electron chi connectivity index (χ1n) is 12.1. The van der Waals surface area contributed by atoms with Gasteiger partial charge in [-0.1, -0.05) is 94.0 Å². The molecule has 2 nitrogen and oxygen atoms in total. The zero-order chi connectivity index (χ0) is 25.3. The van der Waals surface area contributed by atoms with E-state index in [2.05, 4.69) is 25.2 Å². The SMILES string of the molecule is CC.CC.CC1=CCC=C1C/C=C\C(=N)c1ccccc1.Cn1cccc1-c1ccccc1F. The first-order chi connectivity index (χ1) is 16.6. The Labute approximate surface area is 205 Å². The summed E-state index contributed by atoms with van der Waals surface area (Å²) in [4.78, 5) is 0. The minimum atomic E-state index is -0.177.